The number of anilines is 2. The molecule has 9 heteroatoms. The number of nitrogens with one attached hydrogen (secondary N) is 1. The van der Waals surface area contributed by atoms with Crippen LogP contribution in [-0.4, -0.2) is 39.4 Å². The van der Waals surface area contributed by atoms with E-state index in [0.29, 0.717) is 27.2 Å². The van der Waals surface area contributed by atoms with Crippen molar-refractivity contribution in [1.82, 2.24) is 15.1 Å². The third-order valence-electron chi connectivity index (χ3n) is 4.03. The second-order valence-corrected chi connectivity index (χ2v) is 7.95. The molecule has 0 atom stereocenters. The lowest BCUT2D eigenvalue weighted by Crippen LogP contribution is -2.29. The highest BCUT2D eigenvalue weighted by atomic mass is 32.2. The quantitative estimate of drug-likeness (QED) is 0.463. The minimum atomic E-state index is -0.276. The predicted octanol–water partition coefficient (Wildman–Crippen LogP) is 4.03. The fourth-order valence-electron chi connectivity index (χ4n) is 2.76. The van der Waals surface area contributed by atoms with E-state index in [4.69, 9.17) is 4.74 Å². The van der Waals surface area contributed by atoms with Crippen molar-refractivity contribution >= 4 is 45.7 Å². The van der Waals surface area contributed by atoms with E-state index < -0.39 is 0 Å². The van der Waals surface area contributed by atoms with Gasteiger partial charge in [0.1, 0.15) is 5.75 Å². The van der Waals surface area contributed by atoms with E-state index in [2.05, 4.69) is 15.5 Å². The second kappa shape index (κ2) is 7.99. The first kappa shape index (κ1) is 18.5. The molecule has 2 aromatic carbocycles. The van der Waals surface area contributed by atoms with Gasteiger partial charge < -0.3 is 10.1 Å². The Kier molecular flexibility index (Phi) is 5.27. The van der Waals surface area contributed by atoms with Crippen LogP contribution in [0.3, 0.4) is 0 Å². The number of imide groups is 1. The summed E-state index contributed by atoms with van der Waals surface area (Å²) in [4.78, 5) is 26.0. The molecule has 2 heterocycles. The number of nitrogens with zero attached hydrogens (tertiary/aromatic N) is 3. The van der Waals surface area contributed by atoms with Crippen molar-refractivity contribution in [2.24, 2.45) is 0 Å². The van der Waals surface area contributed by atoms with Crippen LogP contribution in [0.4, 0.5) is 10.8 Å². The maximum Gasteiger partial charge on any atom is 0.262 e. The minimum absolute atomic E-state index is 0.191. The third-order valence-corrected chi connectivity index (χ3v) is 5.98. The lowest BCUT2D eigenvalue weighted by molar-refractivity contribution is 0.0684. The number of fused-ring (bicyclic) bond motifs is 1. The van der Waals surface area contributed by atoms with Crippen molar-refractivity contribution in [3.8, 4) is 5.75 Å². The van der Waals surface area contributed by atoms with Crippen LogP contribution in [0.25, 0.3) is 0 Å². The van der Waals surface area contributed by atoms with Crippen molar-refractivity contribution in [1.29, 1.82) is 0 Å². The van der Waals surface area contributed by atoms with Gasteiger partial charge in [-0.1, -0.05) is 47.4 Å². The van der Waals surface area contributed by atoms with Crippen LogP contribution >= 0.6 is 23.1 Å². The third kappa shape index (κ3) is 3.58. The number of ether oxygens (including phenoxy) is 1. The first-order valence-corrected chi connectivity index (χ1v) is 10.4. The molecule has 1 aliphatic heterocycles. The van der Waals surface area contributed by atoms with Crippen LogP contribution in [0.15, 0.2) is 52.9 Å². The van der Waals surface area contributed by atoms with Gasteiger partial charge in [-0.15, -0.1) is 10.2 Å². The number of thioether (sulfide) groups is 1. The van der Waals surface area contributed by atoms with Crippen molar-refractivity contribution in [2.45, 2.75) is 11.3 Å². The molecule has 0 saturated heterocycles. The summed E-state index contributed by atoms with van der Waals surface area (Å²) in [6.07, 6.45) is 0. The molecule has 0 radical (unpaired) electrons. The Morgan fingerprint density at radius 3 is 2.43 bits per heavy atom. The van der Waals surface area contributed by atoms with Gasteiger partial charge in [0.25, 0.3) is 11.8 Å². The van der Waals surface area contributed by atoms with Crippen LogP contribution in [0.1, 0.15) is 27.6 Å². The van der Waals surface area contributed by atoms with Crippen LogP contribution in [0.5, 0.6) is 5.75 Å². The summed E-state index contributed by atoms with van der Waals surface area (Å²) < 4.78 is 6.25. The van der Waals surface area contributed by atoms with Gasteiger partial charge in [0.2, 0.25) is 5.13 Å². The molecular formula is C19H16N4O3S2. The number of carbonyl (C=O) groups is 2. The Morgan fingerprint density at radius 2 is 1.71 bits per heavy atom. The highest BCUT2D eigenvalue weighted by Gasteiger charge is 2.35. The topological polar surface area (TPSA) is 84.4 Å². The van der Waals surface area contributed by atoms with E-state index in [1.165, 1.54) is 28.0 Å². The van der Waals surface area contributed by atoms with E-state index in [1.807, 2.05) is 31.2 Å². The maximum atomic E-state index is 12.4. The highest BCUT2D eigenvalue weighted by Crippen LogP contribution is 2.33. The number of rotatable bonds is 7. The van der Waals surface area contributed by atoms with Crippen molar-refractivity contribution in [2.75, 3.05) is 17.8 Å². The zero-order valence-corrected chi connectivity index (χ0v) is 16.5. The number of aromatic nitrogens is 2. The summed E-state index contributed by atoms with van der Waals surface area (Å²) in [5.74, 6) is 0.375. The predicted molar refractivity (Wildman–Crippen MR) is 108 cm³/mol. The number of carbonyl (C=O) groups excluding carboxylic acids is 2. The van der Waals surface area contributed by atoms with E-state index in [-0.39, 0.29) is 17.7 Å². The molecule has 28 heavy (non-hydrogen) atoms. The van der Waals surface area contributed by atoms with Gasteiger partial charge in [-0.25, -0.2) is 0 Å². The zero-order chi connectivity index (χ0) is 19.5. The molecule has 4 rings (SSSR count). The molecule has 1 aliphatic rings. The Hall–Kier alpha value is -2.91. The average Bonchev–Trinajstić information content (AvgIpc) is 3.25. The molecule has 0 saturated carbocycles. The van der Waals surface area contributed by atoms with Crippen LogP contribution in [-0.2, 0) is 0 Å². The van der Waals surface area contributed by atoms with E-state index >= 15 is 0 Å². The van der Waals surface area contributed by atoms with Gasteiger partial charge in [-0.2, -0.15) is 0 Å². The van der Waals surface area contributed by atoms with Gasteiger partial charge in [-0.05, 0) is 31.2 Å². The first-order valence-electron chi connectivity index (χ1n) is 8.57. The normalized spacial score (nSPS) is 13.0. The molecular weight excluding hydrogens is 396 g/mol. The van der Waals surface area contributed by atoms with Gasteiger partial charge in [-0.3, -0.25) is 14.5 Å². The highest BCUT2D eigenvalue weighted by molar-refractivity contribution is 8.01. The molecule has 0 aliphatic carbocycles. The average molecular weight is 412 g/mol. The summed E-state index contributed by atoms with van der Waals surface area (Å²) in [5, 5.41) is 12.1. The largest absolute Gasteiger partial charge is 0.492 e. The minimum Gasteiger partial charge on any atom is -0.492 e. The Bertz CT molecular complexity index is 1000. The van der Waals surface area contributed by atoms with Gasteiger partial charge in [0.15, 0.2) is 4.34 Å². The van der Waals surface area contributed by atoms with Crippen molar-refractivity contribution in [3.05, 3.63) is 59.7 Å². The number of para-hydroxylation sites is 2. The summed E-state index contributed by atoms with van der Waals surface area (Å²) >= 11 is 2.65. The summed E-state index contributed by atoms with van der Waals surface area (Å²) in [5.41, 5.74) is 1.69. The monoisotopic (exact) mass is 412 g/mol. The number of hydrogen-bond acceptors (Lipinski definition) is 8. The molecule has 142 valence electrons. The second-order valence-electron chi connectivity index (χ2n) is 5.78. The van der Waals surface area contributed by atoms with Crippen LogP contribution < -0.4 is 10.1 Å². The standard InChI is InChI=1S/C19H16N4O3S2/c1-2-26-15-10-6-5-9-14(15)20-18-21-22-19(28-18)27-11-23-16(24)12-7-3-4-8-13(12)17(23)25/h3-10H,2,11H2,1H3,(H,20,21). The Morgan fingerprint density at radius 1 is 1.04 bits per heavy atom. The summed E-state index contributed by atoms with van der Waals surface area (Å²) in [6.45, 7) is 2.49. The molecule has 0 spiro atoms. The molecule has 0 unspecified atom stereocenters. The summed E-state index contributed by atoms with van der Waals surface area (Å²) in [7, 11) is 0. The zero-order valence-electron chi connectivity index (χ0n) is 14.9. The number of amides is 2. The van der Waals surface area contributed by atoms with Crippen molar-refractivity contribution in [3.63, 3.8) is 0 Å². The first-order chi connectivity index (χ1) is 13.7. The lowest BCUT2D eigenvalue weighted by Gasteiger charge is -2.11. The number of hydrogen-bond donors (Lipinski definition) is 1. The maximum absolute atomic E-state index is 12.4. The smallest absolute Gasteiger partial charge is 0.262 e. The Labute approximate surface area is 169 Å². The fourth-order valence-corrected chi connectivity index (χ4v) is 4.45. The molecule has 0 fully saturated rings. The SMILES string of the molecule is CCOc1ccccc1Nc1nnc(SCN2C(=O)c3ccccc3C2=O)s1. The fraction of sp³-hybridized carbons (Fsp3) is 0.158. The molecule has 3 aromatic rings. The lowest BCUT2D eigenvalue weighted by atomic mass is 10.1. The van der Waals surface area contributed by atoms with E-state index in [9.17, 15) is 9.59 Å². The van der Waals surface area contributed by atoms with E-state index in [1.54, 1.807) is 24.3 Å². The molecule has 7 nitrogen and oxygen atoms in total. The Balaban J connectivity index is 1.41. The number of benzene rings is 2. The van der Waals surface area contributed by atoms with E-state index in [0.717, 1.165) is 11.4 Å². The van der Waals surface area contributed by atoms with Gasteiger partial charge in [0.05, 0.1) is 29.3 Å². The molecule has 1 N–H and O–H groups in total. The molecule has 1 aromatic heterocycles. The molecule has 2 amide bonds. The summed E-state index contributed by atoms with van der Waals surface area (Å²) in [6, 6.07) is 14.4. The molecule has 0 bridgehead atoms. The van der Waals surface area contributed by atoms with Gasteiger partial charge in [0, 0.05) is 0 Å². The van der Waals surface area contributed by atoms with Crippen molar-refractivity contribution < 1.29 is 14.3 Å². The van der Waals surface area contributed by atoms with Gasteiger partial charge >= 0.3 is 0 Å². The van der Waals surface area contributed by atoms with Crippen LogP contribution in [0.2, 0.25) is 0 Å². The van der Waals surface area contributed by atoms with Crippen LogP contribution in [0, 0.1) is 0 Å².